The zero-order valence-corrected chi connectivity index (χ0v) is 14.0. The van der Waals surface area contributed by atoms with Crippen molar-refractivity contribution >= 4 is 0 Å². The Kier molecular flexibility index (Phi) is 11.0. The molecule has 1 atom stereocenters. The molecule has 0 aliphatic heterocycles. The molecule has 0 rings (SSSR count). The average molecular weight is 258 g/mol. The summed E-state index contributed by atoms with van der Waals surface area (Å²) in [6.07, 6.45) is 6.35. The summed E-state index contributed by atoms with van der Waals surface area (Å²) in [5.41, 5.74) is 11.7. The number of hydrogen-bond donors (Lipinski definition) is 2. The lowest BCUT2D eigenvalue weighted by Gasteiger charge is -2.37. The van der Waals surface area contributed by atoms with Crippen LogP contribution in [0.15, 0.2) is 0 Å². The Labute approximate surface area is 116 Å². The van der Waals surface area contributed by atoms with E-state index in [1.807, 2.05) is 0 Å². The van der Waals surface area contributed by atoms with E-state index in [-0.39, 0.29) is 11.0 Å². The van der Waals surface area contributed by atoms with E-state index in [0.29, 0.717) is 0 Å². The van der Waals surface area contributed by atoms with E-state index in [0.717, 1.165) is 18.9 Å². The average Bonchev–Trinajstić information content (AvgIpc) is 2.30. The highest BCUT2D eigenvalue weighted by Gasteiger charge is 2.30. The molecule has 0 fully saturated rings. The number of nitrogens with two attached hydrogens (primary N) is 2. The summed E-state index contributed by atoms with van der Waals surface area (Å²) in [6, 6.07) is 0. The van der Waals surface area contributed by atoms with Crippen molar-refractivity contribution in [1.82, 2.24) is 0 Å². The van der Waals surface area contributed by atoms with Gasteiger partial charge in [0.15, 0.2) is 0 Å². The monoisotopic (exact) mass is 258 g/mol. The van der Waals surface area contributed by atoms with Gasteiger partial charge >= 0.3 is 0 Å². The van der Waals surface area contributed by atoms with Gasteiger partial charge in [-0.05, 0) is 44.6 Å². The molecule has 0 spiro atoms. The molecule has 0 aliphatic rings. The third-order valence-electron chi connectivity index (χ3n) is 4.50. The van der Waals surface area contributed by atoms with Crippen LogP contribution in [0.5, 0.6) is 0 Å². The lowest BCUT2D eigenvalue weighted by molar-refractivity contribution is 0.194. The highest BCUT2D eigenvalue weighted by molar-refractivity contribution is 4.88. The Balaban J connectivity index is 0. The van der Waals surface area contributed by atoms with E-state index in [9.17, 15) is 0 Å². The van der Waals surface area contributed by atoms with E-state index in [1.165, 1.54) is 25.7 Å². The Morgan fingerprint density at radius 3 is 1.67 bits per heavy atom. The van der Waals surface area contributed by atoms with E-state index in [2.05, 4.69) is 48.5 Å². The second-order valence-corrected chi connectivity index (χ2v) is 6.61. The normalized spacial score (nSPS) is 13.8. The fourth-order valence-electron chi connectivity index (χ4n) is 1.44. The first-order chi connectivity index (χ1) is 8.16. The van der Waals surface area contributed by atoms with Gasteiger partial charge in [-0.15, -0.1) is 0 Å². The first-order valence-electron chi connectivity index (χ1n) is 7.65. The van der Waals surface area contributed by atoms with Gasteiger partial charge in [0, 0.05) is 5.54 Å². The van der Waals surface area contributed by atoms with Gasteiger partial charge in [-0.25, -0.2) is 0 Å². The third-order valence-corrected chi connectivity index (χ3v) is 4.50. The van der Waals surface area contributed by atoms with Gasteiger partial charge < -0.3 is 11.5 Å². The maximum Gasteiger partial charge on any atom is 0.0148 e. The highest BCUT2D eigenvalue weighted by atomic mass is 14.7. The molecule has 1 unspecified atom stereocenters. The van der Waals surface area contributed by atoms with Gasteiger partial charge in [-0.2, -0.15) is 0 Å². The molecule has 4 N–H and O–H groups in total. The molecular formula is C16H38N2. The molecule has 112 valence electrons. The second kappa shape index (κ2) is 9.80. The number of hydrogen-bond acceptors (Lipinski definition) is 2. The van der Waals surface area contributed by atoms with Gasteiger partial charge in [0.25, 0.3) is 0 Å². The Bertz CT molecular complexity index is 176. The van der Waals surface area contributed by atoms with E-state index in [1.54, 1.807) is 0 Å². The van der Waals surface area contributed by atoms with Gasteiger partial charge in [0.2, 0.25) is 0 Å². The minimum atomic E-state index is -0.0538. The van der Waals surface area contributed by atoms with Gasteiger partial charge in [-0.3, -0.25) is 0 Å². The zero-order valence-electron chi connectivity index (χ0n) is 14.0. The van der Waals surface area contributed by atoms with Gasteiger partial charge in [0.05, 0.1) is 0 Å². The fourth-order valence-corrected chi connectivity index (χ4v) is 1.44. The van der Waals surface area contributed by atoms with Gasteiger partial charge in [-0.1, -0.05) is 53.9 Å². The molecule has 0 amide bonds. The van der Waals surface area contributed by atoms with Crippen LogP contribution in [0.1, 0.15) is 80.6 Å². The third kappa shape index (κ3) is 8.93. The lowest BCUT2D eigenvalue weighted by atomic mass is 9.73. The van der Waals surface area contributed by atoms with Crippen LogP contribution in [0.2, 0.25) is 0 Å². The van der Waals surface area contributed by atoms with Crippen LogP contribution >= 0.6 is 0 Å². The topological polar surface area (TPSA) is 52.0 Å². The maximum atomic E-state index is 5.92. The minimum Gasteiger partial charge on any atom is -0.330 e. The van der Waals surface area contributed by atoms with Crippen molar-refractivity contribution < 1.29 is 0 Å². The van der Waals surface area contributed by atoms with Crippen molar-refractivity contribution in [2.75, 3.05) is 6.54 Å². The molecule has 0 aromatic heterocycles. The van der Waals surface area contributed by atoms with E-state index in [4.69, 9.17) is 11.5 Å². The summed E-state index contributed by atoms with van der Waals surface area (Å²) >= 11 is 0. The fraction of sp³-hybridized carbons (Fsp3) is 1.00. The van der Waals surface area contributed by atoms with Crippen LogP contribution in [0.25, 0.3) is 0 Å². The lowest BCUT2D eigenvalue weighted by Crippen LogP contribution is -2.46. The largest absolute Gasteiger partial charge is 0.330 e. The summed E-state index contributed by atoms with van der Waals surface area (Å²) in [4.78, 5) is 0. The standard InChI is InChI=1S/2C8H19N/c1-6-7(2,3)8(4,5)9;1-3-5-6-8(4-2)7-9/h6,9H2,1-5H3;8H,3-7,9H2,1-2H3. The number of rotatable bonds is 7. The van der Waals surface area contributed by atoms with Crippen LogP contribution in [-0.4, -0.2) is 12.1 Å². The summed E-state index contributed by atoms with van der Waals surface area (Å²) in [5.74, 6) is 0.782. The smallest absolute Gasteiger partial charge is 0.0148 e. The molecule has 2 heteroatoms. The quantitative estimate of drug-likeness (QED) is 0.714. The molecule has 0 aliphatic carbocycles. The summed E-state index contributed by atoms with van der Waals surface area (Å²) in [6.45, 7) is 16.1. The van der Waals surface area contributed by atoms with Crippen molar-refractivity contribution in [2.45, 2.75) is 86.1 Å². The first kappa shape index (κ1) is 20.2. The van der Waals surface area contributed by atoms with Crippen LogP contribution in [0.3, 0.4) is 0 Å². The van der Waals surface area contributed by atoms with Crippen LogP contribution < -0.4 is 11.5 Å². The van der Waals surface area contributed by atoms with Crippen molar-refractivity contribution in [1.29, 1.82) is 0 Å². The van der Waals surface area contributed by atoms with Crippen LogP contribution in [0.4, 0.5) is 0 Å². The van der Waals surface area contributed by atoms with E-state index < -0.39 is 0 Å². The Hall–Kier alpha value is -0.0800. The summed E-state index contributed by atoms with van der Waals surface area (Å²) < 4.78 is 0. The van der Waals surface area contributed by atoms with Crippen molar-refractivity contribution in [3.05, 3.63) is 0 Å². The molecule has 0 bridgehead atoms. The number of unbranched alkanes of at least 4 members (excludes halogenated alkanes) is 1. The highest BCUT2D eigenvalue weighted by Crippen LogP contribution is 2.31. The molecule has 0 aromatic carbocycles. The zero-order chi connectivity index (χ0) is 14.8. The maximum absolute atomic E-state index is 5.92. The molecule has 2 nitrogen and oxygen atoms in total. The molecular weight excluding hydrogens is 220 g/mol. The predicted octanol–water partition coefficient (Wildman–Crippen LogP) is 4.32. The van der Waals surface area contributed by atoms with Crippen molar-refractivity contribution in [2.24, 2.45) is 22.8 Å². The molecule has 0 aromatic rings. The first-order valence-corrected chi connectivity index (χ1v) is 7.65. The predicted molar refractivity (Wildman–Crippen MR) is 84.7 cm³/mol. The molecule has 0 saturated carbocycles. The second-order valence-electron chi connectivity index (χ2n) is 6.61. The molecule has 0 heterocycles. The summed E-state index contributed by atoms with van der Waals surface area (Å²) in [7, 11) is 0. The Morgan fingerprint density at radius 1 is 1.00 bits per heavy atom. The van der Waals surface area contributed by atoms with Gasteiger partial charge in [0.1, 0.15) is 0 Å². The van der Waals surface area contributed by atoms with Crippen LogP contribution in [0, 0.1) is 11.3 Å². The minimum absolute atomic E-state index is 0.0538. The molecule has 0 saturated heterocycles. The summed E-state index contributed by atoms with van der Waals surface area (Å²) in [5, 5.41) is 0. The Morgan fingerprint density at radius 2 is 1.50 bits per heavy atom. The SMILES string of the molecule is CCC(C)(C)C(C)(C)N.CCCCC(CC)CN. The van der Waals surface area contributed by atoms with Crippen molar-refractivity contribution in [3.8, 4) is 0 Å². The van der Waals surface area contributed by atoms with E-state index >= 15 is 0 Å². The van der Waals surface area contributed by atoms with Crippen molar-refractivity contribution in [3.63, 3.8) is 0 Å². The van der Waals surface area contributed by atoms with Crippen LogP contribution in [-0.2, 0) is 0 Å². The molecule has 0 radical (unpaired) electrons. The molecule has 18 heavy (non-hydrogen) atoms.